The molecule has 0 aromatic heterocycles. The summed E-state index contributed by atoms with van der Waals surface area (Å²) in [4.78, 5) is 0. The van der Waals surface area contributed by atoms with Crippen LogP contribution in [0.1, 0.15) is 92.4 Å². The molecular formula is C21H38. The van der Waals surface area contributed by atoms with E-state index >= 15 is 0 Å². The molecule has 7 atom stereocenters. The molecule has 3 fully saturated rings. The van der Waals surface area contributed by atoms with Gasteiger partial charge in [0.15, 0.2) is 0 Å². The quantitative estimate of drug-likeness (QED) is 0.543. The first kappa shape index (κ1) is 15.9. The van der Waals surface area contributed by atoms with Crippen LogP contribution in [0.15, 0.2) is 0 Å². The first-order valence-corrected chi connectivity index (χ1v) is 9.97. The highest BCUT2D eigenvalue weighted by Crippen LogP contribution is 2.66. The fraction of sp³-hybridized carbons (Fsp3) is 1.00. The van der Waals surface area contributed by atoms with E-state index in [2.05, 4.69) is 34.6 Å². The van der Waals surface area contributed by atoms with E-state index in [0.29, 0.717) is 10.8 Å². The van der Waals surface area contributed by atoms with Crippen molar-refractivity contribution in [1.82, 2.24) is 0 Å². The van der Waals surface area contributed by atoms with Crippen LogP contribution >= 0.6 is 0 Å². The maximum absolute atomic E-state index is 2.67. The summed E-state index contributed by atoms with van der Waals surface area (Å²) < 4.78 is 0. The molecule has 0 aliphatic heterocycles. The van der Waals surface area contributed by atoms with Crippen molar-refractivity contribution in [3.8, 4) is 0 Å². The minimum absolute atomic E-state index is 0.642. The highest BCUT2D eigenvalue weighted by atomic mass is 14.6. The van der Waals surface area contributed by atoms with Crippen molar-refractivity contribution in [3.05, 3.63) is 0 Å². The Kier molecular flexibility index (Phi) is 4.21. The summed E-state index contributed by atoms with van der Waals surface area (Å²) in [5.74, 6) is 5.14. The molecule has 0 saturated heterocycles. The second-order valence-corrected chi connectivity index (χ2v) is 9.34. The van der Waals surface area contributed by atoms with Crippen LogP contribution in [0.5, 0.6) is 0 Å². The number of hydrogen-bond donors (Lipinski definition) is 0. The van der Waals surface area contributed by atoms with Crippen LogP contribution in [0.25, 0.3) is 0 Å². The summed E-state index contributed by atoms with van der Waals surface area (Å²) >= 11 is 0. The second kappa shape index (κ2) is 5.57. The number of hydrogen-bond acceptors (Lipinski definition) is 0. The molecule has 0 nitrogen and oxygen atoms in total. The lowest BCUT2D eigenvalue weighted by Gasteiger charge is -2.59. The SMILES string of the molecule is CCCC1(C)C(C)CCC2C1CCC1(C)C(CC)CCC21. The van der Waals surface area contributed by atoms with Crippen molar-refractivity contribution in [2.45, 2.75) is 92.4 Å². The Morgan fingerprint density at radius 3 is 2.33 bits per heavy atom. The van der Waals surface area contributed by atoms with Crippen LogP contribution in [-0.2, 0) is 0 Å². The van der Waals surface area contributed by atoms with Crippen LogP contribution in [0.4, 0.5) is 0 Å². The Bertz CT molecular complexity index is 372. The Balaban J connectivity index is 1.87. The van der Waals surface area contributed by atoms with E-state index in [1.54, 1.807) is 12.8 Å². The van der Waals surface area contributed by atoms with Gasteiger partial charge in [-0.3, -0.25) is 0 Å². The standard InChI is InChI=1S/C21H38/c1-6-13-20(4)15(3)8-10-17-18-11-9-16(7-2)21(18,5)14-12-19(17)20/h15-19H,6-14H2,1-5H3. The van der Waals surface area contributed by atoms with E-state index < -0.39 is 0 Å². The molecule has 21 heavy (non-hydrogen) atoms. The molecule has 3 aliphatic carbocycles. The smallest absolute Gasteiger partial charge is 0.0266 e. The Hall–Kier alpha value is 0. The van der Waals surface area contributed by atoms with E-state index in [1.165, 1.54) is 44.9 Å². The summed E-state index contributed by atoms with van der Waals surface area (Å²) in [6.07, 6.45) is 13.5. The summed E-state index contributed by atoms with van der Waals surface area (Å²) in [6.45, 7) is 12.7. The largest absolute Gasteiger partial charge is 0.0654 e. The van der Waals surface area contributed by atoms with Crippen LogP contribution in [0.3, 0.4) is 0 Å². The minimum Gasteiger partial charge on any atom is -0.0654 e. The zero-order valence-electron chi connectivity index (χ0n) is 15.3. The summed E-state index contributed by atoms with van der Waals surface area (Å²) in [5.41, 5.74) is 1.34. The number of fused-ring (bicyclic) bond motifs is 3. The first-order chi connectivity index (χ1) is 9.97. The van der Waals surface area contributed by atoms with Crippen molar-refractivity contribution >= 4 is 0 Å². The van der Waals surface area contributed by atoms with Crippen molar-refractivity contribution in [2.75, 3.05) is 0 Å². The van der Waals surface area contributed by atoms with Gasteiger partial charge in [-0.05, 0) is 85.4 Å². The highest BCUT2D eigenvalue weighted by Gasteiger charge is 2.58. The fourth-order valence-corrected chi connectivity index (χ4v) is 7.40. The highest BCUT2D eigenvalue weighted by molar-refractivity contribution is 5.07. The molecule has 0 radical (unpaired) electrons. The molecule has 3 saturated carbocycles. The zero-order valence-corrected chi connectivity index (χ0v) is 15.3. The summed E-state index contributed by atoms with van der Waals surface area (Å²) in [6, 6.07) is 0. The van der Waals surface area contributed by atoms with Crippen molar-refractivity contribution in [3.63, 3.8) is 0 Å². The molecular weight excluding hydrogens is 252 g/mol. The second-order valence-electron chi connectivity index (χ2n) is 9.34. The molecule has 122 valence electrons. The van der Waals surface area contributed by atoms with Gasteiger partial charge in [0, 0.05) is 0 Å². The minimum atomic E-state index is 0.642. The van der Waals surface area contributed by atoms with E-state index in [-0.39, 0.29) is 0 Å². The maximum atomic E-state index is 2.67. The average molecular weight is 291 g/mol. The third kappa shape index (κ3) is 2.22. The molecule has 0 N–H and O–H groups in total. The third-order valence-corrected chi connectivity index (χ3v) is 8.82. The van der Waals surface area contributed by atoms with Crippen molar-refractivity contribution < 1.29 is 0 Å². The van der Waals surface area contributed by atoms with E-state index in [4.69, 9.17) is 0 Å². The van der Waals surface area contributed by atoms with Gasteiger partial charge < -0.3 is 0 Å². The van der Waals surface area contributed by atoms with Crippen LogP contribution in [-0.4, -0.2) is 0 Å². The lowest BCUT2D eigenvalue weighted by Crippen LogP contribution is -2.51. The van der Waals surface area contributed by atoms with Crippen LogP contribution < -0.4 is 0 Å². The molecule has 0 bridgehead atoms. The molecule has 3 rings (SSSR count). The van der Waals surface area contributed by atoms with Gasteiger partial charge in [0.2, 0.25) is 0 Å². The Morgan fingerprint density at radius 1 is 0.905 bits per heavy atom. The van der Waals surface area contributed by atoms with Gasteiger partial charge in [0.25, 0.3) is 0 Å². The van der Waals surface area contributed by atoms with E-state index in [1.807, 2.05) is 0 Å². The average Bonchev–Trinajstić information content (AvgIpc) is 2.80. The topological polar surface area (TPSA) is 0 Å². The van der Waals surface area contributed by atoms with E-state index in [9.17, 15) is 0 Å². The summed E-state index contributed by atoms with van der Waals surface area (Å²) in [5, 5.41) is 0. The van der Waals surface area contributed by atoms with E-state index in [0.717, 1.165) is 29.6 Å². The molecule has 0 heterocycles. The molecule has 0 amide bonds. The first-order valence-electron chi connectivity index (χ1n) is 9.97. The van der Waals surface area contributed by atoms with Crippen molar-refractivity contribution in [1.29, 1.82) is 0 Å². The number of rotatable bonds is 3. The van der Waals surface area contributed by atoms with Gasteiger partial charge in [0.1, 0.15) is 0 Å². The maximum Gasteiger partial charge on any atom is -0.0266 e. The predicted molar refractivity (Wildman–Crippen MR) is 92.2 cm³/mol. The van der Waals surface area contributed by atoms with Gasteiger partial charge in [-0.2, -0.15) is 0 Å². The molecule has 0 aromatic carbocycles. The Morgan fingerprint density at radius 2 is 1.67 bits per heavy atom. The normalized spacial score (nSPS) is 53.3. The molecule has 0 heteroatoms. The van der Waals surface area contributed by atoms with Crippen LogP contribution in [0, 0.1) is 40.4 Å². The fourth-order valence-electron chi connectivity index (χ4n) is 7.40. The molecule has 7 unspecified atom stereocenters. The predicted octanol–water partition coefficient (Wildman–Crippen LogP) is 6.69. The van der Waals surface area contributed by atoms with Gasteiger partial charge in [-0.15, -0.1) is 0 Å². The molecule has 0 aromatic rings. The molecule has 3 aliphatic rings. The van der Waals surface area contributed by atoms with Gasteiger partial charge in [-0.25, -0.2) is 0 Å². The zero-order chi connectivity index (χ0) is 15.3. The van der Waals surface area contributed by atoms with Crippen LogP contribution in [0.2, 0.25) is 0 Å². The van der Waals surface area contributed by atoms with Gasteiger partial charge in [0.05, 0.1) is 0 Å². The molecule has 0 spiro atoms. The lowest BCUT2D eigenvalue weighted by molar-refractivity contribution is -0.0955. The summed E-state index contributed by atoms with van der Waals surface area (Å²) in [7, 11) is 0. The Labute approximate surface area is 133 Å². The lowest BCUT2D eigenvalue weighted by atomic mass is 9.46. The monoisotopic (exact) mass is 290 g/mol. The van der Waals surface area contributed by atoms with Gasteiger partial charge in [-0.1, -0.05) is 47.5 Å². The van der Waals surface area contributed by atoms with Gasteiger partial charge >= 0.3 is 0 Å². The van der Waals surface area contributed by atoms with Crippen molar-refractivity contribution in [2.24, 2.45) is 40.4 Å². The third-order valence-electron chi connectivity index (χ3n) is 8.82.